The predicted octanol–water partition coefficient (Wildman–Crippen LogP) is -0.408. The molecule has 8 heteroatoms. The van der Waals surface area contributed by atoms with Crippen LogP contribution in [0.1, 0.15) is 12.5 Å². The van der Waals surface area contributed by atoms with Crippen LogP contribution in [0, 0.1) is 0 Å². The zero-order valence-corrected chi connectivity index (χ0v) is 13.6. The Bertz CT molecular complexity index is 550. The van der Waals surface area contributed by atoms with Crippen LogP contribution in [0.2, 0.25) is 0 Å². The highest BCUT2D eigenvalue weighted by molar-refractivity contribution is 7.80. The molecule has 2 atom stereocenters. The molecule has 1 aromatic rings. The van der Waals surface area contributed by atoms with Crippen molar-refractivity contribution in [2.75, 3.05) is 12.4 Å². The van der Waals surface area contributed by atoms with Gasteiger partial charge in [-0.1, -0.05) is 12.1 Å². The number of rotatable bonds is 8. The van der Waals surface area contributed by atoms with Crippen molar-refractivity contribution in [2.45, 2.75) is 25.4 Å². The van der Waals surface area contributed by atoms with Crippen LogP contribution >= 0.6 is 12.6 Å². The molecule has 0 aromatic heterocycles. The fourth-order valence-corrected chi connectivity index (χ4v) is 2.06. The van der Waals surface area contributed by atoms with Crippen molar-refractivity contribution in [1.82, 2.24) is 10.2 Å². The topological polar surface area (TPSA) is 113 Å². The highest BCUT2D eigenvalue weighted by Crippen LogP contribution is 2.13. The lowest BCUT2D eigenvalue weighted by Gasteiger charge is -2.29. The molecule has 0 aliphatic heterocycles. The number of hydrogen-bond donors (Lipinski definition) is 4. The van der Waals surface area contributed by atoms with Gasteiger partial charge in [0.1, 0.15) is 11.8 Å². The van der Waals surface area contributed by atoms with Crippen LogP contribution in [0.15, 0.2) is 24.3 Å². The molecule has 0 unspecified atom stereocenters. The quantitative estimate of drug-likeness (QED) is 0.380. The maximum atomic E-state index is 12.3. The predicted molar refractivity (Wildman–Crippen MR) is 88.7 cm³/mol. The highest BCUT2D eigenvalue weighted by atomic mass is 32.1. The van der Waals surface area contributed by atoms with Crippen LogP contribution in [0.5, 0.6) is 5.75 Å². The van der Waals surface area contributed by atoms with E-state index in [1.54, 1.807) is 12.1 Å². The van der Waals surface area contributed by atoms with Gasteiger partial charge >= 0.3 is 0 Å². The molecule has 7 nitrogen and oxygen atoms in total. The van der Waals surface area contributed by atoms with Gasteiger partial charge in [-0.3, -0.25) is 14.4 Å². The summed E-state index contributed by atoms with van der Waals surface area (Å²) >= 11 is 3.98. The summed E-state index contributed by atoms with van der Waals surface area (Å²) in [6, 6.07) is 4.44. The highest BCUT2D eigenvalue weighted by Gasteiger charge is 2.28. The molecule has 1 radical (unpaired) electrons. The summed E-state index contributed by atoms with van der Waals surface area (Å²) in [5.74, 6) is -0.624. The first-order valence-electron chi connectivity index (χ1n) is 6.96. The van der Waals surface area contributed by atoms with Crippen LogP contribution in [0.25, 0.3) is 0 Å². The molecule has 0 aliphatic carbocycles. The van der Waals surface area contributed by atoms with Gasteiger partial charge in [0, 0.05) is 19.1 Å². The lowest BCUT2D eigenvalue weighted by Crippen LogP contribution is -2.54. The first kappa shape index (κ1) is 19.0. The zero-order valence-electron chi connectivity index (χ0n) is 12.7. The van der Waals surface area contributed by atoms with Crippen molar-refractivity contribution < 1.29 is 19.5 Å². The lowest BCUT2D eigenvalue weighted by atomic mass is 10.0. The zero-order chi connectivity index (χ0) is 17.4. The minimum absolute atomic E-state index is 0.101. The van der Waals surface area contributed by atoms with Gasteiger partial charge in [-0.05, 0) is 17.7 Å². The summed E-state index contributed by atoms with van der Waals surface area (Å²) in [5, 5.41) is 11.8. The third-order valence-corrected chi connectivity index (χ3v) is 3.57. The number of hydrogen-bond acceptors (Lipinski definition) is 6. The number of amides is 2. The van der Waals surface area contributed by atoms with E-state index in [4.69, 9.17) is 5.73 Å². The minimum atomic E-state index is -0.912. The second-order valence-corrected chi connectivity index (χ2v) is 5.36. The van der Waals surface area contributed by atoms with Gasteiger partial charge in [0.2, 0.25) is 18.1 Å². The molecular weight excluding hydrogens is 318 g/mol. The molecule has 4 N–H and O–H groups in total. The van der Waals surface area contributed by atoms with Crippen molar-refractivity contribution in [3.63, 3.8) is 0 Å². The summed E-state index contributed by atoms with van der Waals surface area (Å²) in [5.41, 5.74) is 6.42. The van der Waals surface area contributed by atoms with E-state index in [2.05, 4.69) is 17.9 Å². The summed E-state index contributed by atoms with van der Waals surface area (Å²) in [6.07, 6.45) is 2.00. The monoisotopic (exact) mass is 338 g/mol. The molecule has 0 saturated heterocycles. The Balaban J connectivity index is 2.94. The summed E-state index contributed by atoms with van der Waals surface area (Å²) < 4.78 is 0. The van der Waals surface area contributed by atoms with E-state index in [0.29, 0.717) is 0 Å². The minimum Gasteiger partial charge on any atom is -0.508 e. The van der Waals surface area contributed by atoms with Crippen molar-refractivity contribution in [1.29, 1.82) is 0 Å². The van der Waals surface area contributed by atoms with E-state index >= 15 is 0 Å². The standard InChI is InChI=1S/C15H20N3O4S/c1-10(20)17-9-18(15(22)14(16)8-23)12(7-19)6-11-2-4-13(21)5-3-11/h2-5,12,14,21,23H,6,8-9,16H2,1H3,(H,17,20)/t12-,14-/m0/s1. The van der Waals surface area contributed by atoms with Crippen LogP contribution in [-0.4, -0.2) is 52.6 Å². The van der Waals surface area contributed by atoms with E-state index in [0.717, 1.165) is 5.56 Å². The smallest absolute Gasteiger partial charge is 0.242 e. The maximum Gasteiger partial charge on any atom is 0.242 e. The number of nitrogens with two attached hydrogens (primary N) is 1. The molecular formula is C15H20N3O4S. The number of phenols is 1. The Morgan fingerprint density at radius 2 is 2.00 bits per heavy atom. The Morgan fingerprint density at radius 3 is 2.48 bits per heavy atom. The number of nitrogens with zero attached hydrogens (tertiary/aromatic N) is 1. The third kappa shape index (κ3) is 5.91. The number of aromatic hydroxyl groups is 1. The summed E-state index contributed by atoms with van der Waals surface area (Å²) in [4.78, 5) is 35.9. The fraction of sp³-hybridized carbons (Fsp3) is 0.400. The molecule has 0 saturated carbocycles. The molecule has 0 aliphatic rings. The largest absolute Gasteiger partial charge is 0.508 e. The molecule has 0 fully saturated rings. The van der Waals surface area contributed by atoms with Crippen molar-refractivity contribution >= 4 is 30.7 Å². The van der Waals surface area contributed by atoms with Crippen molar-refractivity contribution in [3.8, 4) is 5.75 Å². The lowest BCUT2D eigenvalue weighted by molar-refractivity contribution is -0.134. The number of benzene rings is 1. The van der Waals surface area contributed by atoms with Gasteiger partial charge in [0.25, 0.3) is 0 Å². The Labute approximate surface area is 140 Å². The van der Waals surface area contributed by atoms with Crippen LogP contribution in [0.4, 0.5) is 0 Å². The molecule has 1 aromatic carbocycles. The summed E-state index contributed by atoms with van der Waals surface area (Å²) in [6.45, 7) is 1.16. The van der Waals surface area contributed by atoms with Gasteiger partial charge in [0.05, 0.1) is 12.7 Å². The van der Waals surface area contributed by atoms with Crippen LogP contribution in [0.3, 0.4) is 0 Å². The van der Waals surface area contributed by atoms with Gasteiger partial charge in [-0.2, -0.15) is 12.6 Å². The first-order valence-corrected chi connectivity index (χ1v) is 7.59. The molecule has 23 heavy (non-hydrogen) atoms. The number of thiol groups is 1. The Kier molecular flexibility index (Phi) is 7.56. The number of carbonyl (C=O) groups excluding carboxylic acids is 3. The second-order valence-electron chi connectivity index (χ2n) is 4.99. The van der Waals surface area contributed by atoms with Crippen molar-refractivity contribution in [2.24, 2.45) is 5.73 Å². The average Bonchev–Trinajstić information content (AvgIpc) is 2.54. The van der Waals surface area contributed by atoms with Gasteiger partial charge in [-0.15, -0.1) is 0 Å². The molecule has 2 amide bonds. The normalized spacial score (nSPS) is 13.0. The summed E-state index contributed by atoms with van der Waals surface area (Å²) in [7, 11) is 0. The van der Waals surface area contributed by atoms with E-state index in [1.165, 1.54) is 24.0 Å². The molecule has 125 valence electrons. The maximum absolute atomic E-state index is 12.3. The van der Waals surface area contributed by atoms with Crippen molar-refractivity contribution in [3.05, 3.63) is 29.8 Å². The Hall–Kier alpha value is -2.06. The second kappa shape index (κ2) is 9.16. The SMILES string of the molecule is CC(=O)NCN(C(=O)[C@@H](N)CS)[C@H]([C]=O)Cc1ccc(O)cc1. The van der Waals surface area contributed by atoms with E-state index in [9.17, 15) is 19.5 Å². The molecule has 0 heterocycles. The van der Waals surface area contributed by atoms with E-state index < -0.39 is 18.0 Å². The number of carbonyl (C=O) groups is 2. The van der Waals surface area contributed by atoms with Crippen LogP contribution in [-0.2, 0) is 20.8 Å². The number of nitrogens with one attached hydrogen (secondary N) is 1. The van der Waals surface area contributed by atoms with Gasteiger partial charge < -0.3 is 21.1 Å². The van der Waals surface area contributed by atoms with Gasteiger partial charge in [0.15, 0.2) is 0 Å². The van der Waals surface area contributed by atoms with Gasteiger partial charge in [-0.25, -0.2) is 0 Å². The van der Waals surface area contributed by atoms with Crippen LogP contribution < -0.4 is 11.1 Å². The fourth-order valence-electron chi connectivity index (χ4n) is 1.90. The molecule has 1 rings (SSSR count). The third-order valence-electron chi connectivity index (χ3n) is 3.17. The molecule has 0 spiro atoms. The number of phenolic OH excluding ortho intramolecular Hbond substituents is 1. The Morgan fingerprint density at radius 1 is 1.39 bits per heavy atom. The van der Waals surface area contributed by atoms with E-state index in [-0.39, 0.29) is 30.5 Å². The first-order chi connectivity index (χ1) is 10.9. The molecule has 0 bridgehead atoms. The van der Waals surface area contributed by atoms with E-state index in [1.807, 2.05) is 6.29 Å². The average molecular weight is 338 g/mol.